The summed E-state index contributed by atoms with van der Waals surface area (Å²) in [5.41, 5.74) is 3.94. The molecule has 9 nitrogen and oxygen atoms in total. The highest BCUT2D eigenvalue weighted by atomic mass is 32.2. The molecule has 34 heavy (non-hydrogen) atoms. The highest BCUT2D eigenvalue weighted by molar-refractivity contribution is 7.92. The van der Waals surface area contributed by atoms with E-state index >= 15 is 0 Å². The number of carbonyl (C=O) groups excluding carboxylic acids is 1. The molecule has 0 radical (unpaired) electrons. The molecule has 2 aromatic carbocycles. The Kier molecular flexibility index (Phi) is 7.51. The number of sulfone groups is 1. The lowest BCUT2D eigenvalue weighted by atomic mass is 10.1. The monoisotopic (exact) mass is 483 g/mol. The van der Waals surface area contributed by atoms with Crippen LogP contribution in [0.4, 0.5) is 0 Å². The Hall–Kier alpha value is -3.52. The van der Waals surface area contributed by atoms with Crippen molar-refractivity contribution in [1.82, 2.24) is 15.0 Å². The number of rotatable bonds is 7. The summed E-state index contributed by atoms with van der Waals surface area (Å²) in [4.78, 5) is 29.1. The molecule has 178 valence electrons. The Morgan fingerprint density at radius 2 is 1.79 bits per heavy atom. The second kappa shape index (κ2) is 10.2. The number of fused-ring (bicyclic) bond motifs is 1. The van der Waals surface area contributed by atoms with Crippen LogP contribution in [0.25, 0.3) is 10.9 Å². The van der Waals surface area contributed by atoms with Gasteiger partial charge in [0.15, 0.2) is 14.6 Å². The molecule has 1 atom stereocenters. The summed E-state index contributed by atoms with van der Waals surface area (Å²) in [7, 11) is -3.88. The smallest absolute Gasteiger partial charge is 0.264 e. The molecule has 1 amide bonds. The maximum absolute atomic E-state index is 12.9. The molecule has 0 fully saturated rings. The Morgan fingerprint density at radius 1 is 1.15 bits per heavy atom. The molecule has 1 aromatic heterocycles. The Morgan fingerprint density at radius 3 is 2.41 bits per heavy atom. The number of nitrogens with one attached hydrogen (secondary N) is 1. The SMILES string of the molecule is CC(CCn1cnc2cc(C#Cc3ccc(CCO)cc3)ccc2c1=O)(C(=O)NO)S(C)(=O)=O. The van der Waals surface area contributed by atoms with Crippen LogP contribution < -0.4 is 11.0 Å². The van der Waals surface area contributed by atoms with Crippen LogP contribution in [0.1, 0.15) is 30.0 Å². The number of hydroxylamine groups is 1. The summed E-state index contributed by atoms with van der Waals surface area (Å²) in [6.45, 7) is 1.19. The number of hydrogen-bond donors (Lipinski definition) is 3. The first kappa shape index (κ1) is 25.1. The van der Waals surface area contributed by atoms with E-state index < -0.39 is 20.5 Å². The van der Waals surface area contributed by atoms with Gasteiger partial charge < -0.3 is 5.11 Å². The number of carbonyl (C=O) groups is 1. The van der Waals surface area contributed by atoms with Gasteiger partial charge in [-0.1, -0.05) is 24.0 Å². The zero-order chi connectivity index (χ0) is 24.9. The molecule has 0 aliphatic heterocycles. The predicted octanol–water partition coefficient (Wildman–Crippen LogP) is 1.03. The minimum atomic E-state index is -3.88. The predicted molar refractivity (Wildman–Crippen MR) is 127 cm³/mol. The van der Waals surface area contributed by atoms with Crippen LogP contribution in [0.5, 0.6) is 0 Å². The van der Waals surface area contributed by atoms with E-state index in [4.69, 9.17) is 10.3 Å². The van der Waals surface area contributed by atoms with Gasteiger partial charge in [-0.05, 0) is 55.7 Å². The largest absolute Gasteiger partial charge is 0.396 e. The van der Waals surface area contributed by atoms with E-state index in [9.17, 15) is 18.0 Å². The number of hydrogen-bond acceptors (Lipinski definition) is 7. The molecule has 3 rings (SSSR count). The van der Waals surface area contributed by atoms with Crippen molar-refractivity contribution in [3.8, 4) is 11.8 Å². The lowest BCUT2D eigenvalue weighted by Gasteiger charge is -2.25. The second-order valence-corrected chi connectivity index (χ2v) is 10.5. The van der Waals surface area contributed by atoms with Crippen molar-refractivity contribution >= 4 is 26.6 Å². The molecule has 0 saturated carbocycles. The van der Waals surface area contributed by atoms with E-state index in [1.807, 2.05) is 24.3 Å². The van der Waals surface area contributed by atoms with Gasteiger partial charge >= 0.3 is 0 Å². The van der Waals surface area contributed by atoms with Gasteiger partial charge in [0.25, 0.3) is 11.5 Å². The van der Waals surface area contributed by atoms with E-state index in [0.717, 1.165) is 17.4 Å². The van der Waals surface area contributed by atoms with Gasteiger partial charge in [-0.3, -0.25) is 19.4 Å². The van der Waals surface area contributed by atoms with E-state index in [1.165, 1.54) is 23.3 Å². The number of aliphatic hydroxyl groups excluding tert-OH is 1. The standard InChI is InChI=1S/C24H25N3O6S/c1-24(23(30)26-31,34(2,32)33)12-13-27-16-25-21-15-19(9-10-20(21)22(27)29)8-7-17-3-5-18(6-4-17)11-14-28/h3-6,9-10,15-16,28,31H,11-14H2,1-2H3,(H,26,30). The van der Waals surface area contributed by atoms with Crippen molar-refractivity contribution in [1.29, 1.82) is 0 Å². The van der Waals surface area contributed by atoms with Crippen molar-refractivity contribution in [3.05, 3.63) is 75.8 Å². The molecule has 1 unspecified atom stereocenters. The van der Waals surface area contributed by atoms with Gasteiger partial charge in [-0.25, -0.2) is 18.9 Å². The van der Waals surface area contributed by atoms with Gasteiger partial charge in [0.2, 0.25) is 0 Å². The molecular formula is C24H25N3O6S. The molecule has 10 heteroatoms. The molecule has 0 aliphatic rings. The van der Waals surface area contributed by atoms with Crippen LogP contribution in [-0.4, -0.2) is 51.8 Å². The molecule has 3 aromatic rings. The van der Waals surface area contributed by atoms with Crippen LogP contribution in [0.2, 0.25) is 0 Å². The molecular weight excluding hydrogens is 458 g/mol. The number of aromatic nitrogens is 2. The summed E-state index contributed by atoms with van der Waals surface area (Å²) in [5.74, 6) is 5.02. The first-order valence-electron chi connectivity index (χ1n) is 10.4. The lowest BCUT2D eigenvalue weighted by molar-refractivity contribution is -0.131. The van der Waals surface area contributed by atoms with Crippen molar-refractivity contribution in [2.75, 3.05) is 12.9 Å². The number of aliphatic hydroxyl groups is 1. The maximum atomic E-state index is 12.9. The summed E-state index contributed by atoms with van der Waals surface area (Å²) in [5, 5.41) is 18.3. The van der Waals surface area contributed by atoms with Crippen LogP contribution in [0, 0.1) is 11.8 Å². The average Bonchev–Trinajstić information content (AvgIpc) is 2.82. The fourth-order valence-electron chi connectivity index (χ4n) is 3.34. The van der Waals surface area contributed by atoms with Crippen LogP contribution >= 0.6 is 0 Å². The lowest BCUT2D eigenvalue weighted by Crippen LogP contribution is -2.50. The molecule has 3 N–H and O–H groups in total. The summed E-state index contributed by atoms with van der Waals surface area (Å²) in [6.07, 6.45) is 2.55. The zero-order valence-electron chi connectivity index (χ0n) is 18.8. The highest BCUT2D eigenvalue weighted by Crippen LogP contribution is 2.22. The quantitative estimate of drug-likeness (QED) is 0.259. The first-order valence-corrected chi connectivity index (χ1v) is 12.3. The normalized spacial score (nSPS) is 13.1. The molecule has 0 bridgehead atoms. The molecule has 0 spiro atoms. The summed E-state index contributed by atoms with van der Waals surface area (Å²) < 4.78 is 23.6. The second-order valence-electron chi connectivity index (χ2n) is 8.09. The topological polar surface area (TPSA) is 139 Å². The molecule has 1 heterocycles. The minimum absolute atomic E-state index is 0.0891. The van der Waals surface area contributed by atoms with Crippen LogP contribution in [0.15, 0.2) is 53.6 Å². The minimum Gasteiger partial charge on any atom is -0.396 e. The Balaban J connectivity index is 1.84. The Labute approximate surface area is 197 Å². The van der Waals surface area contributed by atoms with Gasteiger partial charge in [0.05, 0.1) is 17.2 Å². The van der Waals surface area contributed by atoms with Gasteiger partial charge in [-0.15, -0.1) is 0 Å². The molecule has 0 aliphatic carbocycles. The summed E-state index contributed by atoms with van der Waals surface area (Å²) >= 11 is 0. The number of benzene rings is 2. The third kappa shape index (κ3) is 5.34. The number of amides is 1. The van der Waals surface area contributed by atoms with Crippen LogP contribution in [-0.2, 0) is 27.6 Å². The number of nitrogens with zero attached hydrogens (tertiary/aromatic N) is 2. The van der Waals surface area contributed by atoms with Crippen molar-refractivity contribution in [2.24, 2.45) is 0 Å². The first-order chi connectivity index (χ1) is 16.1. The number of aryl methyl sites for hydroxylation is 1. The summed E-state index contributed by atoms with van der Waals surface area (Å²) in [6, 6.07) is 12.5. The van der Waals surface area contributed by atoms with Crippen molar-refractivity contribution in [2.45, 2.75) is 31.1 Å². The van der Waals surface area contributed by atoms with E-state index in [1.54, 1.807) is 18.2 Å². The van der Waals surface area contributed by atoms with E-state index in [2.05, 4.69) is 16.8 Å². The van der Waals surface area contributed by atoms with Gasteiger partial charge in [0.1, 0.15) is 0 Å². The zero-order valence-corrected chi connectivity index (χ0v) is 19.6. The van der Waals surface area contributed by atoms with Crippen molar-refractivity contribution < 1.29 is 23.5 Å². The average molecular weight is 484 g/mol. The maximum Gasteiger partial charge on any atom is 0.264 e. The third-order valence-corrected chi connectivity index (χ3v) is 7.79. The highest BCUT2D eigenvalue weighted by Gasteiger charge is 2.43. The third-order valence-electron chi connectivity index (χ3n) is 5.76. The fraction of sp³-hybridized carbons (Fsp3) is 0.292. The van der Waals surface area contributed by atoms with Crippen molar-refractivity contribution in [3.63, 3.8) is 0 Å². The van der Waals surface area contributed by atoms with Gasteiger partial charge in [0, 0.05) is 30.5 Å². The van der Waals surface area contributed by atoms with E-state index in [0.29, 0.717) is 22.9 Å². The Bertz CT molecular complexity index is 1440. The van der Waals surface area contributed by atoms with E-state index in [-0.39, 0.29) is 25.1 Å². The van der Waals surface area contributed by atoms with Gasteiger partial charge in [-0.2, -0.15) is 0 Å². The molecule has 0 saturated heterocycles. The van der Waals surface area contributed by atoms with Crippen LogP contribution in [0.3, 0.4) is 0 Å². The fourth-order valence-corrected chi connectivity index (χ4v) is 4.19.